The number of hydrogen-bond acceptors (Lipinski definition) is 3. The van der Waals surface area contributed by atoms with Crippen molar-refractivity contribution in [1.29, 1.82) is 0 Å². The van der Waals surface area contributed by atoms with Gasteiger partial charge in [-0.3, -0.25) is 4.79 Å². The topological polar surface area (TPSA) is 49.6 Å². The van der Waals surface area contributed by atoms with Gasteiger partial charge in [-0.15, -0.1) is 0 Å². The lowest BCUT2D eigenvalue weighted by atomic mass is 10.1. The van der Waals surface area contributed by atoms with Crippen LogP contribution >= 0.6 is 0 Å². The van der Waals surface area contributed by atoms with Gasteiger partial charge in [0.25, 0.3) is 0 Å². The molecule has 1 aliphatic heterocycles. The molecule has 0 aromatic heterocycles. The molecule has 4 heteroatoms. The minimum absolute atomic E-state index is 0.123. The molecule has 0 bridgehead atoms. The largest absolute Gasteiger partial charge is 0.336 e. The van der Waals surface area contributed by atoms with Gasteiger partial charge in [-0.25, -0.2) is 0 Å². The molecule has 1 fully saturated rings. The molecule has 1 rings (SSSR count). The van der Waals surface area contributed by atoms with Crippen LogP contribution in [0.3, 0.4) is 0 Å². The highest BCUT2D eigenvalue weighted by Gasteiger charge is 2.28. The highest BCUT2D eigenvalue weighted by molar-refractivity contribution is 5.82. The van der Waals surface area contributed by atoms with Crippen LogP contribution in [0.2, 0.25) is 0 Å². The van der Waals surface area contributed by atoms with Crippen molar-refractivity contribution in [3.8, 4) is 0 Å². The third-order valence-corrected chi connectivity index (χ3v) is 3.03. The molecule has 1 saturated heterocycles. The fourth-order valence-electron chi connectivity index (χ4n) is 2.11. The number of carbonyl (C=O) groups excluding carboxylic acids is 1. The van der Waals surface area contributed by atoms with Gasteiger partial charge in [-0.05, 0) is 20.4 Å². The molecule has 0 aromatic carbocycles. The van der Waals surface area contributed by atoms with Gasteiger partial charge in [0.1, 0.15) is 0 Å². The first-order chi connectivity index (χ1) is 7.06. The van der Waals surface area contributed by atoms with E-state index in [2.05, 4.69) is 25.8 Å². The number of rotatable bonds is 3. The van der Waals surface area contributed by atoms with Gasteiger partial charge in [-0.1, -0.05) is 13.3 Å². The van der Waals surface area contributed by atoms with E-state index in [1.165, 1.54) is 0 Å². The highest BCUT2D eigenvalue weighted by atomic mass is 16.2. The van der Waals surface area contributed by atoms with Crippen LogP contribution in [0.15, 0.2) is 0 Å². The van der Waals surface area contributed by atoms with Crippen LogP contribution < -0.4 is 5.73 Å². The van der Waals surface area contributed by atoms with E-state index in [0.29, 0.717) is 6.04 Å². The number of carbonyl (C=O) groups is 1. The van der Waals surface area contributed by atoms with Gasteiger partial charge in [0, 0.05) is 25.7 Å². The Morgan fingerprint density at radius 1 is 1.53 bits per heavy atom. The summed E-state index contributed by atoms with van der Waals surface area (Å²) in [6.07, 6.45) is 1.76. The third-order valence-electron chi connectivity index (χ3n) is 3.03. The molecule has 1 amide bonds. The van der Waals surface area contributed by atoms with Crippen LogP contribution in [-0.2, 0) is 4.79 Å². The average molecular weight is 213 g/mol. The number of nitrogens with zero attached hydrogens (tertiary/aromatic N) is 2. The molecular formula is C11H23N3O. The number of nitrogens with two attached hydrogens (primary N) is 1. The molecule has 1 unspecified atom stereocenters. The van der Waals surface area contributed by atoms with Gasteiger partial charge < -0.3 is 15.5 Å². The van der Waals surface area contributed by atoms with Gasteiger partial charge in [0.15, 0.2) is 0 Å². The van der Waals surface area contributed by atoms with Crippen molar-refractivity contribution in [2.45, 2.75) is 38.8 Å². The molecule has 0 radical (unpaired) electrons. The molecule has 0 spiro atoms. The summed E-state index contributed by atoms with van der Waals surface area (Å²) in [5.74, 6) is 0.123. The first-order valence-corrected chi connectivity index (χ1v) is 5.80. The molecule has 0 aromatic rings. The van der Waals surface area contributed by atoms with E-state index in [4.69, 9.17) is 5.73 Å². The minimum Gasteiger partial charge on any atom is -0.336 e. The summed E-state index contributed by atoms with van der Waals surface area (Å²) in [5.41, 5.74) is 5.85. The lowest BCUT2D eigenvalue weighted by Gasteiger charge is -2.39. The van der Waals surface area contributed by atoms with E-state index in [1.807, 2.05) is 4.90 Å². The van der Waals surface area contributed by atoms with Crippen LogP contribution in [0.4, 0.5) is 0 Å². The third kappa shape index (κ3) is 3.18. The van der Waals surface area contributed by atoms with E-state index in [1.54, 1.807) is 0 Å². The Bertz CT molecular complexity index is 220. The van der Waals surface area contributed by atoms with Gasteiger partial charge in [-0.2, -0.15) is 0 Å². The van der Waals surface area contributed by atoms with Crippen molar-refractivity contribution < 1.29 is 4.79 Å². The van der Waals surface area contributed by atoms with E-state index >= 15 is 0 Å². The van der Waals surface area contributed by atoms with E-state index in [0.717, 1.165) is 32.5 Å². The predicted octanol–water partition coefficient (Wildman–Crippen LogP) is 0.276. The highest BCUT2D eigenvalue weighted by Crippen LogP contribution is 2.10. The van der Waals surface area contributed by atoms with Crippen molar-refractivity contribution in [3.63, 3.8) is 0 Å². The predicted molar refractivity (Wildman–Crippen MR) is 61.6 cm³/mol. The average Bonchev–Trinajstić information content (AvgIpc) is 2.17. The maximum atomic E-state index is 12.0. The summed E-state index contributed by atoms with van der Waals surface area (Å²) in [7, 11) is 2.09. The second-order valence-electron chi connectivity index (χ2n) is 4.54. The SMILES string of the molecule is CCC[C@@H](N)C(=O)N1CCN(C)CC1C. The molecule has 0 saturated carbocycles. The second-order valence-corrected chi connectivity index (χ2v) is 4.54. The smallest absolute Gasteiger partial charge is 0.239 e. The maximum Gasteiger partial charge on any atom is 0.239 e. The number of amides is 1. The van der Waals surface area contributed by atoms with Crippen LogP contribution in [0.1, 0.15) is 26.7 Å². The summed E-state index contributed by atoms with van der Waals surface area (Å²) >= 11 is 0. The zero-order valence-electron chi connectivity index (χ0n) is 10.1. The lowest BCUT2D eigenvalue weighted by molar-refractivity contribution is -0.137. The summed E-state index contributed by atoms with van der Waals surface area (Å²) < 4.78 is 0. The molecule has 2 atom stereocenters. The van der Waals surface area contributed by atoms with Crippen LogP contribution in [0.25, 0.3) is 0 Å². The molecular weight excluding hydrogens is 190 g/mol. The van der Waals surface area contributed by atoms with E-state index in [9.17, 15) is 4.79 Å². The van der Waals surface area contributed by atoms with Crippen LogP contribution in [0, 0.1) is 0 Å². The molecule has 2 N–H and O–H groups in total. The van der Waals surface area contributed by atoms with E-state index < -0.39 is 0 Å². The summed E-state index contributed by atoms with van der Waals surface area (Å²) in [5, 5.41) is 0. The Kier molecular flexibility index (Phi) is 4.54. The fraction of sp³-hybridized carbons (Fsp3) is 0.909. The zero-order valence-corrected chi connectivity index (χ0v) is 10.1. The van der Waals surface area contributed by atoms with Crippen molar-refractivity contribution >= 4 is 5.91 Å². The van der Waals surface area contributed by atoms with Gasteiger partial charge >= 0.3 is 0 Å². The maximum absolute atomic E-state index is 12.0. The van der Waals surface area contributed by atoms with Gasteiger partial charge in [0.05, 0.1) is 6.04 Å². The van der Waals surface area contributed by atoms with Crippen molar-refractivity contribution in [2.24, 2.45) is 5.73 Å². The molecule has 0 aliphatic carbocycles. The molecule has 1 heterocycles. The van der Waals surface area contributed by atoms with Crippen molar-refractivity contribution in [2.75, 3.05) is 26.7 Å². The van der Waals surface area contributed by atoms with Gasteiger partial charge in [0.2, 0.25) is 5.91 Å². The normalized spacial score (nSPS) is 25.3. The Balaban J connectivity index is 2.52. The number of hydrogen-bond donors (Lipinski definition) is 1. The van der Waals surface area contributed by atoms with Crippen LogP contribution in [0.5, 0.6) is 0 Å². The molecule has 15 heavy (non-hydrogen) atoms. The standard InChI is InChI=1S/C11H23N3O/c1-4-5-10(12)11(15)14-7-6-13(3)8-9(14)2/h9-10H,4-8,12H2,1-3H3/t9?,10-/m1/s1. The fourth-order valence-corrected chi connectivity index (χ4v) is 2.11. The Hall–Kier alpha value is -0.610. The molecule has 1 aliphatic rings. The van der Waals surface area contributed by atoms with Crippen molar-refractivity contribution in [1.82, 2.24) is 9.80 Å². The minimum atomic E-state index is -0.305. The monoisotopic (exact) mass is 213 g/mol. The zero-order chi connectivity index (χ0) is 11.4. The van der Waals surface area contributed by atoms with Crippen LogP contribution in [-0.4, -0.2) is 54.5 Å². The molecule has 88 valence electrons. The van der Waals surface area contributed by atoms with Crippen molar-refractivity contribution in [3.05, 3.63) is 0 Å². The molecule has 4 nitrogen and oxygen atoms in total. The van der Waals surface area contributed by atoms with E-state index in [-0.39, 0.29) is 11.9 Å². The Labute approximate surface area is 92.4 Å². The number of likely N-dealkylation sites (N-methyl/N-ethyl adjacent to an activating group) is 1. The summed E-state index contributed by atoms with van der Waals surface area (Å²) in [6.45, 7) is 6.86. The Morgan fingerprint density at radius 3 is 2.73 bits per heavy atom. The quantitative estimate of drug-likeness (QED) is 0.732. The summed E-state index contributed by atoms with van der Waals surface area (Å²) in [6, 6.07) is -0.0139. The Morgan fingerprint density at radius 2 is 2.20 bits per heavy atom. The summed E-state index contributed by atoms with van der Waals surface area (Å²) in [4.78, 5) is 16.2. The first-order valence-electron chi connectivity index (χ1n) is 5.80. The second kappa shape index (κ2) is 5.47. The number of piperazine rings is 1. The first kappa shape index (κ1) is 12.5. The lowest BCUT2D eigenvalue weighted by Crippen LogP contribution is -2.56.